The monoisotopic (exact) mass is 409 g/mol. The fourth-order valence-electron chi connectivity index (χ4n) is 5.30. The van der Waals surface area contributed by atoms with Gasteiger partial charge in [-0.1, -0.05) is 13.8 Å². The Balaban J connectivity index is 1.45. The summed E-state index contributed by atoms with van der Waals surface area (Å²) in [6, 6.07) is 0. The zero-order valence-electron chi connectivity index (χ0n) is 17.4. The highest BCUT2D eigenvalue weighted by Crippen LogP contribution is 2.59. The summed E-state index contributed by atoms with van der Waals surface area (Å²) in [6.45, 7) is 8.63. The van der Waals surface area contributed by atoms with Gasteiger partial charge in [-0.25, -0.2) is 0 Å². The van der Waals surface area contributed by atoms with Crippen LogP contribution in [0.3, 0.4) is 0 Å². The minimum Gasteiger partial charge on any atom is -0.459 e. The SMILES string of the molecule is CCC(C)(CC)OC(=O)C1C2CC3C(OC(=O)C31)C2OC(=O)CN1CCOCC1. The van der Waals surface area contributed by atoms with Crippen LogP contribution in [0.1, 0.15) is 40.0 Å². The molecule has 0 aromatic carbocycles. The zero-order valence-corrected chi connectivity index (χ0v) is 17.4. The van der Waals surface area contributed by atoms with Crippen molar-refractivity contribution < 1.29 is 33.3 Å². The Labute approximate surface area is 171 Å². The Morgan fingerprint density at radius 1 is 1.17 bits per heavy atom. The van der Waals surface area contributed by atoms with Gasteiger partial charge in [0.25, 0.3) is 0 Å². The van der Waals surface area contributed by atoms with Gasteiger partial charge in [-0.15, -0.1) is 0 Å². The third kappa shape index (κ3) is 3.65. The van der Waals surface area contributed by atoms with Crippen LogP contribution < -0.4 is 0 Å². The van der Waals surface area contributed by atoms with Gasteiger partial charge in [-0.2, -0.15) is 0 Å². The lowest BCUT2D eigenvalue weighted by molar-refractivity contribution is -0.175. The Hall–Kier alpha value is -1.67. The molecular formula is C21H31NO7. The van der Waals surface area contributed by atoms with Crippen molar-refractivity contribution in [2.24, 2.45) is 23.7 Å². The molecule has 4 rings (SSSR count). The summed E-state index contributed by atoms with van der Waals surface area (Å²) in [5, 5.41) is 0. The Morgan fingerprint density at radius 3 is 2.52 bits per heavy atom. The predicted octanol–water partition coefficient (Wildman–Crippen LogP) is 1.16. The van der Waals surface area contributed by atoms with E-state index in [9.17, 15) is 14.4 Å². The van der Waals surface area contributed by atoms with E-state index in [4.69, 9.17) is 18.9 Å². The van der Waals surface area contributed by atoms with Crippen LogP contribution in [0.5, 0.6) is 0 Å². The number of carbonyl (C=O) groups is 3. The molecule has 2 aliphatic carbocycles. The maximum Gasteiger partial charge on any atom is 0.320 e. The highest BCUT2D eigenvalue weighted by Gasteiger charge is 2.70. The predicted molar refractivity (Wildman–Crippen MR) is 101 cm³/mol. The van der Waals surface area contributed by atoms with Crippen LogP contribution in [0, 0.1) is 23.7 Å². The summed E-state index contributed by atoms with van der Waals surface area (Å²) in [6.07, 6.45) is 1.06. The van der Waals surface area contributed by atoms with Crippen LogP contribution in [-0.2, 0) is 33.3 Å². The lowest BCUT2D eigenvalue weighted by atomic mass is 9.78. The van der Waals surface area contributed by atoms with Crippen LogP contribution >= 0.6 is 0 Å². The molecule has 2 bridgehead atoms. The molecule has 6 atom stereocenters. The molecule has 0 amide bonds. The molecule has 2 aliphatic heterocycles. The molecule has 2 saturated heterocycles. The van der Waals surface area contributed by atoms with E-state index in [1.807, 2.05) is 25.7 Å². The first-order valence-corrected chi connectivity index (χ1v) is 10.8. The topological polar surface area (TPSA) is 91.4 Å². The fraction of sp³-hybridized carbons (Fsp3) is 0.857. The van der Waals surface area contributed by atoms with E-state index in [1.54, 1.807) is 0 Å². The van der Waals surface area contributed by atoms with Crippen molar-refractivity contribution in [2.75, 3.05) is 32.8 Å². The Kier molecular flexibility index (Phi) is 5.59. The molecule has 0 N–H and O–H groups in total. The molecule has 0 aromatic rings. The van der Waals surface area contributed by atoms with Crippen LogP contribution in [0.4, 0.5) is 0 Å². The van der Waals surface area contributed by atoms with Crippen LogP contribution in [0.15, 0.2) is 0 Å². The molecule has 2 heterocycles. The molecular weight excluding hydrogens is 378 g/mol. The van der Waals surface area contributed by atoms with E-state index < -0.39 is 29.6 Å². The molecule has 0 spiro atoms. The molecule has 29 heavy (non-hydrogen) atoms. The molecule has 8 heteroatoms. The van der Waals surface area contributed by atoms with Crippen LogP contribution in [-0.4, -0.2) is 73.5 Å². The van der Waals surface area contributed by atoms with Crippen molar-refractivity contribution >= 4 is 17.9 Å². The van der Waals surface area contributed by atoms with E-state index >= 15 is 0 Å². The van der Waals surface area contributed by atoms with Crippen molar-refractivity contribution in [3.05, 3.63) is 0 Å². The average molecular weight is 409 g/mol. The van der Waals surface area contributed by atoms with Gasteiger partial charge in [0.15, 0.2) is 0 Å². The number of hydrogen-bond acceptors (Lipinski definition) is 8. The van der Waals surface area contributed by atoms with Gasteiger partial charge in [0.1, 0.15) is 17.8 Å². The van der Waals surface area contributed by atoms with Gasteiger partial charge in [0.2, 0.25) is 0 Å². The second-order valence-corrected chi connectivity index (χ2v) is 8.94. The number of morpholine rings is 1. The van der Waals surface area contributed by atoms with Crippen molar-refractivity contribution in [2.45, 2.75) is 57.8 Å². The highest BCUT2D eigenvalue weighted by molar-refractivity contribution is 5.86. The molecule has 2 saturated carbocycles. The van der Waals surface area contributed by atoms with Gasteiger partial charge in [-0.05, 0) is 26.2 Å². The minimum absolute atomic E-state index is 0.0688. The second-order valence-electron chi connectivity index (χ2n) is 8.94. The molecule has 4 aliphatic rings. The second kappa shape index (κ2) is 7.87. The van der Waals surface area contributed by atoms with E-state index in [1.165, 1.54) is 0 Å². The van der Waals surface area contributed by atoms with E-state index in [0.29, 0.717) is 45.6 Å². The molecule has 0 aromatic heterocycles. The van der Waals surface area contributed by atoms with Crippen LogP contribution in [0.25, 0.3) is 0 Å². The smallest absolute Gasteiger partial charge is 0.320 e. The summed E-state index contributed by atoms with van der Waals surface area (Å²) in [7, 11) is 0. The third-order valence-electron chi connectivity index (χ3n) is 7.38. The highest BCUT2D eigenvalue weighted by atomic mass is 16.6. The molecule has 0 radical (unpaired) electrons. The zero-order chi connectivity index (χ0) is 20.8. The molecule has 162 valence electrons. The molecule has 4 fully saturated rings. The first-order valence-electron chi connectivity index (χ1n) is 10.8. The third-order valence-corrected chi connectivity index (χ3v) is 7.38. The Morgan fingerprint density at radius 2 is 1.86 bits per heavy atom. The van der Waals surface area contributed by atoms with E-state index in [2.05, 4.69) is 0 Å². The standard InChI is InChI=1S/C21H31NO7/c1-4-21(3,5-2)29-20(25)16-13-10-12-15(16)19(24)28-18(12)17(13)27-14(23)11-22-6-8-26-9-7-22/h12-13,15-18H,4-11H2,1-3H3. The summed E-state index contributed by atoms with van der Waals surface area (Å²) < 4.78 is 22.5. The lowest BCUT2D eigenvalue weighted by Crippen LogP contribution is -2.47. The fourth-order valence-corrected chi connectivity index (χ4v) is 5.30. The number of rotatable bonds is 7. The van der Waals surface area contributed by atoms with Crippen molar-refractivity contribution in [1.29, 1.82) is 0 Å². The molecule has 6 unspecified atom stereocenters. The lowest BCUT2D eigenvalue weighted by Gasteiger charge is -2.34. The van der Waals surface area contributed by atoms with Crippen molar-refractivity contribution in [3.63, 3.8) is 0 Å². The summed E-state index contributed by atoms with van der Waals surface area (Å²) in [5.41, 5.74) is -0.552. The van der Waals surface area contributed by atoms with E-state index in [0.717, 1.165) is 0 Å². The summed E-state index contributed by atoms with van der Waals surface area (Å²) in [4.78, 5) is 40.1. The van der Waals surface area contributed by atoms with Crippen molar-refractivity contribution in [1.82, 2.24) is 4.90 Å². The number of hydrogen-bond donors (Lipinski definition) is 0. The van der Waals surface area contributed by atoms with Gasteiger partial charge in [-0.3, -0.25) is 19.3 Å². The quantitative estimate of drug-likeness (QED) is 0.457. The van der Waals surface area contributed by atoms with Gasteiger partial charge >= 0.3 is 17.9 Å². The maximum atomic E-state index is 13.1. The number of nitrogens with zero attached hydrogens (tertiary/aromatic N) is 1. The summed E-state index contributed by atoms with van der Waals surface area (Å²) in [5.74, 6) is -2.41. The van der Waals surface area contributed by atoms with Crippen LogP contribution in [0.2, 0.25) is 0 Å². The Bertz CT molecular complexity index is 670. The molecule has 8 nitrogen and oxygen atoms in total. The largest absolute Gasteiger partial charge is 0.459 e. The van der Waals surface area contributed by atoms with Gasteiger partial charge < -0.3 is 18.9 Å². The first-order chi connectivity index (χ1) is 13.9. The van der Waals surface area contributed by atoms with Gasteiger partial charge in [0.05, 0.1) is 31.6 Å². The average Bonchev–Trinajstić information content (AvgIpc) is 3.32. The minimum atomic E-state index is -0.593. The number of fused-ring (bicyclic) bond motifs is 1. The maximum absolute atomic E-state index is 13.1. The number of ether oxygens (including phenoxy) is 4. The van der Waals surface area contributed by atoms with E-state index in [-0.39, 0.29) is 36.3 Å². The number of esters is 3. The van der Waals surface area contributed by atoms with Gasteiger partial charge in [0, 0.05) is 24.9 Å². The first kappa shape index (κ1) is 20.6. The van der Waals surface area contributed by atoms with Crippen molar-refractivity contribution in [3.8, 4) is 0 Å². The summed E-state index contributed by atoms with van der Waals surface area (Å²) >= 11 is 0. The number of carbonyl (C=O) groups excluding carboxylic acids is 3. The normalized spacial score (nSPS) is 36.2.